The van der Waals surface area contributed by atoms with E-state index in [9.17, 15) is 4.57 Å². The summed E-state index contributed by atoms with van der Waals surface area (Å²) in [5, 5.41) is 0. The van der Waals surface area contributed by atoms with Crippen LogP contribution >= 0.6 is 7.60 Å². The highest BCUT2D eigenvalue weighted by atomic mass is 31.2. The summed E-state index contributed by atoms with van der Waals surface area (Å²) in [6.07, 6.45) is 1.01. The molecule has 0 aliphatic carbocycles. The van der Waals surface area contributed by atoms with Crippen LogP contribution in [0.25, 0.3) is 0 Å². The van der Waals surface area contributed by atoms with Gasteiger partial charge in [-0.1, -0.05) is 91.0 Å². The van der Waals surface area contributed by atoms with E-state index in [1.165, 1.54) is 0 Å². The fourth-order valence-corrected chi connectivity index (χ4v) is 4.13. The van der Waals surface area contributed by atoms with Crippen LogP contribution in [-0.2, 0) is 33.2 Å². The second-order valence-corrected chi connectivity index (χ2v) is 8.27. The van der Waals surface area contributed by atoms with Gasteiger partial charge in [-0.25, -0.2) is 0 Å². The van der Waals surface area contributed by atoms with Gasteiger partial charge in [-0.2, -0.15) is 0 Å². The van der Waals surface area contributed by atoms with E-state index in [1.807, 2.05) is 91.0 Å². The zero-order valence-electron chi connectivity index (χ0n) is 14.7. The Morgan fingerprint density at radius 2 is 0.962 bits per heavy atom. The van der Waals surface area contributed by atoms with Crippen LogP contribution in [0.1, 0.15) is 16.7 Å². The summed E-state index contributed by atoms with van der Waals surface area (Å²) in [5.74, 6) is 0. The van der Waals surface area contributed by atoms with Gasteiger partial charge in [0.05, 0.1) is 19.4 Å². The summed E-state index contributed by atoms with van der Waals surface area (Å²) < 4.78 is 24.9. The molecule has 3 aromatic rings. The Balaban J connectivity index is 1.65. The zero-order chi connectivity index (χ0) is 18.1. The van der Waals surface area contributed by atoms with E-state index < -0.39 is 7.60 Å². The van der Waals surface area contributed by atoms with Crippen molar-refractivity contribution in [1.29, 1.82) is 0 Å². The van der Waals surface area contributed by atoms with Crippen molar-refractivity contribution in [3.63, 3.8) is 0 Å². The zero-order valence-corrected chi connectivity index (χ0v) is 15.6. The Bertz CT molecular complexity index is 707. The van der Waals surface area contributed by atoms with Gasteiger partial charge >= 0.3 is 7.60 Å². The monoisotopic (exact) mass is 366 g/mol. The minimum Gasteiger partial charge on any atom is -0.304 e. The first-order chi connectivity index (χ1) is 12.7. The van der Waals surface area contributed by atoms with Crippen molar-refractivity contribution in [2.24, 2.45) is 0 Å². The molecule has 3 rings (SSSR count). The molecule has 0 saturated heterocycles. The van der Waals surface area contributed by atoms with E-state index >= 15 is 0 Å². The Morgan fingerprint density at radius 3 is 1.38 bits per heavy atom. The molecular formula is C22H23O3P. The fourth-order valence-electron chi connectivity index (χ4n) is 2.57. The van der Waals surface area contributed by atoms with Crippen LogP contribution in [0.15, 0.2) is 91.0 Å². The van der Waals surface area contributed by atoms with Crippen LogP contribution in [0.2, 0.25) is 0 Å². The molecule has 4 heteroatoms. The quantitative estimate of drug-likeness (QED) is 0.445. The highest BCUT2D eigenvalue weighted by Crippen LogP contribution is 2.50. The van der Waals surface area contributed by atoms with Crippen LogP contribution in [0.4, 0.5) is 0 Å². The lowest BCUT2D eigenvalue weighted by Crippen LogP contribution is -2.03. The maximum atomic E-state index is 13.3. The predicted molar refractivity (Wildman–Crippen MR) is 105 cm³/mol. The molecular weight excluding hydrogens is 343 g/mol. The Morgan fingerprint density at radius 1 is 0.577 bits per heavy atom. The Hall–Kier alpha value is -2.19. The maximum absolute atomic E-state index is 13.3. The van der Waals surface area contributed by atoms with Crippen molar-refractivity contribution in [3.8, 4) is 0 Å². The summed E-state index contributed by atoms with van der Waals surface area (Å²) >= 11 is 0. The number of benzene rings is 3. The van der Waals surface area contributed by atoms with Crippen LogP contribution in [0.3, 0.4) is 0 Å². The first kappa shape index (κ1) is 18.6. The lowest BCUT2D eigenvalue weighted by Gasteiger charge is -2.19. The highest BCUT2D eigenvalue weighted by Gasteiger charge is 2.25. The van der Waals surface area contributed by atoms with Gasteiger partial charge in [0.15, 0.2) is 0 Å². The molecule has 0 atom stereocenters. The normalized spacial score (nSPS) is 11.4. The van der Waals surface area contributed by atoms with Crippen molar-refractivity contribution < 1.29 is 13.6 Å². The van der Waals surface area contributed by atoms with Crippen molar-refractivity contribution in [3.05, 3.63) is 108 Å². The second kappa shape index (κ2) is 9.49. The highest BCUT2D eigenvalue weighted by molar-refractivity contribution is 7.53. The molecule has 0 unspecified atom stereocenters. The molecule has 0 fully saturated rings. The van der Waals surface area contributed by atoms with Crippen LogP contribution in [0.5, 0.6) is 0 Å². The molecule has 0 aliphatic rings. The average Bonchev–Trinajstić information content (AvgIpc) is 2.72. The van der Waals surface area contributed by atoms with Crippen molar-refractivity contribution in [2.45, 2.75) is 19.6 Å². The van der Waals surface area contributed by atoms with Gasteiger partial charge in [-0.15, -0.1) is 0 Å². The number of aryl methyl sites for hydroxylation is 1. The topological polar surface area (TPSA) is 35.5 Å². The number of hydrogen-bond donors (Lipinski definition) is 0. The molecule has 3 nitrogen and oxygen atoms in total. The van der Waals surface area contributed by atoms with Crippen LogP contribution in [0, 0.1) is 0 Å². The number of hydrogen-bond acceptors (Lipinski definition) is 3. The van der Waals surface area contributed by atoms with Gasteiger partial charge in [0.1, 0.15) is 0 Å². The molecule has 0 N–H and O–H groups in total. The molecule has 0 heterocycles. The third kappa shape index (κ3) is 5.96. The molecule has 0 radical (unpaired) electrons. The maximum Gasteiger partial charge on any atom is 0.331 e. The molecule has 0 aliphatic heterocycles. The molecule has 26 heavy (non-hydrogen) atoms. The first-order valence-corrected chi connectivity index (χ1v) is 10.5. The summed E-state index contributed by atoms with van der Waals surface area (Å²) in [7, 11) is -3.22. The summed E-state index contributed by atoms with van der Waals surface area (Å²) in [6, 6.07) is 29.5. The van der Waals surface area contributed by atoms with Gasteiger partial charge in [-0.05, 0) is 23.1 Å². The van der Waals surface area contributed by atoms with Gasteiger partial charge in [0, 0.05) is 0 Å². The van der Waals surface area contributed by atoms with Crippen LogP contribution in [-0.4, -0.2) is 6.16 Å². The van der Waals surface area contributed by atoms with Gasteiger partial charge in [-0.3, -0.25) is 4.57 Å². The second-order valence-electron chi connectivity index (χ2n) is 6.09. The third-order valence-corrected chi connectivity index (χ3v) is 5.87. The smallest absolute Gasteiger partial charge is 0.304 e. The van der Waals surface area contributed by atoms with E-state index in [2.05, 4.69) is 0 Å². The van der Waals surface area contributed by atoms with Crippen LogP contribution < -0.4 is 0 Å². The molecule has 0 aromatic heterocycles. The van der Waals surface area contributed by atoms with Gasteiger partial charge < -0.3 is 9.05 Å². The fraction of sp³-hybridized carbons (Fsp3) is 0.182. The lowest BCUT2D eigenvalue weighted by atomic mass is 10.2. The number of rotatable bonds is 9. The van der Waals surface area contributed by atoms with Crippen molar-refractivity contribution >= 4 is 7.60 Å². The van der Waals surface area contributed by atoms with E-state index in [1.54, 1.807) is 0 Å². The first-order valence-electron chi connectivity index (χ1n) is 8.73. The van der Waals surface area contributed by atoms with Crippen molar-refractivity contribution in [1.82, 2.24) is 0 Å². The average molecular weight is 366 g/mol. The summed E-state index contributed by atoms with van der Waals surface area (Å²) in [4.78, 5) is 0. The standard InChI is InChI=1S/C22H23O3P/c23-26(17-16-20-10-4-1-5-11-20,24-18-21-12-6-2-7-13-21)25-19-22-14-8-3-9-15-22/h1-15H,16-19H2. The van der Waals surface area contributed by atoms with Gasteiger partial charge in [0.2, 0.25) is 0 Å². The molecule has 3 aromatic carbocycles. The van der Waals surface area contributed by atoms with Gasteiger partial charge in [0.25, 0.3) is 0 Å². The minimum absolute atomic E-state index is 0.279. The minimum atomic E-state index is -3.22. The third-order valence-electron chi connectivity index (χ3n) is 4.06. The molecule has 134 valence electrons. The lowest BCUT2D eigenvalue weighted by molar-refractivity contribution is 0.191. The summed E-state index contributed by atoms with van der Waals surface area (Å²) in [6.45, 7) is 0.559. The molecule has 0 saturated carbocycles. The molecule has 0 spiro atoms. The van der Waals surface area contributed by atoms with E-state index in [0.29, 0.717) is 12.6 Å². The van der Waals surface area contributed by atoms with Crippen molar-refractivity contribution in [2.75, 3.05) is 6.16 Å². The SMILES string of the molecule is O=P(CCc1ccccc1)(OCc1ccccc1)OCc1ccccc1. The predicted octanol–water partition coefficient (Wildman–Crippen LogP) is 5.86. The van der Waals surface area contributed by atoms with E-state index in [4.69, 9.17) is 9.05 Å². The molecule has 0 amide bonds. The Labute approximate surface area is 155 Å². The van der Waals surface area contributed by atoms with E-state index in [0.717, 1.165) is 16.7 Å². The summed E-state index contributed by atoms with van der Waals surface area (Å²) in [5.41, 5.74) is 3.09. The Kier molecular flexibility index (Phi) is 6.79. The largest absolute Gasteiger partial charge is 0.331 e. The van der Waals surface area contributed by atoms with E-state index in [-0.39, 0.29) is 13.2 Å². The molecule has 0 bridgehead atoms.